The van der Waals surface area contributed by atoms with Crippen LogP contribution in [0.1, 0.15) is 24.8 Å². The Kier molecular flexibility index (Phi) is 4.15. The highest BCUT2D eigenvalue weighted by Gasteiger charge is 2.48. The lowest BCUT2D eigenvalue weighted by Gasteiger charge is -2.38. The van der Waals surface area contributed by atoms with Gasteiger partial charge in [0.05, 0.1) is 12.3 Å². The molecule has 2 aromatic rings. The molecule has 0 aliphatic carbocycles. The predicted molar refractivity (Wildman–Crippen MR) is 93.6 cm³/mol. The van der Waals surface area contributed by atoms with E-state index in [4.69, 9.17) is 4.84 Å². The second-order valence-corrected chi connectivity index (χ2v) is 8.42. The highest BCUT2D eigenvalue weighted by molar-refractivity contribution is 7.95. The molecule has 0 bridgehead atoms. The molecular formula is C18H19N3O3S. The second kappa shape index (κ2) is 6.33. The van der Waals surface area contributed by atoms with Crippen molar-refractivity contribution >= 4 is 16.1 Å². The SMILES string of the molecule is O=[S+]([O-])(c1ccccc1)N1CCCC2(CC(c3cccnc3)=NO2)C1. The molecule has 130 valence electrons. The second-order valence-electron chi connectivity index (χ2n) is 6.49. The maximum Gasteiger partial charge on any atom is 0.175 e. The van der Waals surface area contributed by atoms with E-state index in [-0.39, 0.29) is 0 Å². The Morgan fingerprint density at radius 3 is 2.80 bits per heavy atom. The quantitative estimate of drug-likeness (QED) is 0.791. The molecule has 0 saturated carbocycles. The molecule has 0 radical (unpaired) electrons. The van der Waals surface area contributed by atoms with Crippen molar-refractivity contribution in [2.75, 3.05) is 13.1 Å². The van der Waals surface area contributed by atoms with Gasteiger partial charge in [-0.2, -0.15) is 0 Å². The molecule has 1 fully saturated rings. The smallest absolute Gasteiger partial charge is 0.175 e. The van der Waals surface area contributed by atoms with Crippen molar-refractivity contribution in [3.8, 4) is 0 Å². The molecular weight excluding hydrogens is 338 g/mol. The Balaban J connectivity index is 1.54. The summed E-state index contributed by atoms with van der Waals surface area (Å²) in [6.45, 7) is 0.821. The van der Waals surface area contributed by atoms with Gasteiger partial charge in [0.25, 0.3) is 0 Å². The third kappa shape index (κ3) is 3.10. The molecule has 0 N–H and O–H groups in total. The molecule has 2 unspecified atom stereocenters. The number of hydrogen-bond donors (Lipinski definition) is 0. The van der Waals surface area contributed by atoms with Crippen LogP contribution in [0.2, 0.25) is 0 Å². The van der Waals surface area contributed by atoms with Crippen LogP contribution in [0.4, 0.5) is 0 Å². The molecule has 0 amide bonds. The lowest BCUT2D eigenvalue weighted by molar-refractivity contribution is -0.0533. The van der Waals surface area contributed by atoms with Crippen molar-refractivity contribution in [3.63, 3.8) is 0 Å². The number of oxime groups is 1. The van der Waals surface area contributed by atoms with Crippen LogP contribution in [0.5, 0.6) is 0 Å². The number of rotatable bonds is 3. The van der Waals surface area contributed by atoms with Gasteiger partial charge in [-0.05, 0) is 37.1 Å². The van der Waals surface area contributed by atoms with E-state index in [0.717, 1.165) is 24.1 Å². The summed E-state index contributed by atoms with van der Waals surface area (Å²) in [6.07, 6.45) is 5.61. The predicted octanol–water partition coefficient (Wildman–Crippen LogP) is 2.64. The molecule has 2 atom stereocenters. The van der Waals surface area contributed by atoms with E-state index in [2.05, 4.69) is 10.1 Å². The summed E-state index contributed by atoms with van der Waals surface area (Å²) in [5.74, 6) is 0. The highest BCUT2D eigenvalue weighted by Crippen LogP contribution is 2.37. The lowest BCUT2D eigenvalue weighted by Crippen LogP contribution is -2.52. The van der Waals surface area contributed by atoms with E-state index in [0.29, 0.717) is 24.4 Å². The first-order valence-electron chi connectivity index (χ1n) is 8.30. The molecule has 1 saturated heterocycles. The molecule has 3 heterocycles. The molecule has 4 rings (SSSR count). The van der Waals surface area contributed by atoms with Crippen molar-refractivity contribution < 1.29 is 13.6 Å². The maximum absolute atomic E-state index is 12.9. The summed E-state index contributed by atoms with van der Waals surface area (Å²) in [4.78, 5) is 10.2. The molecule has 1 aromatic carbocycles. The van der Waals surface area contributed by atoms with E-state index in [1.807, 2.05) is 18.2 Å². The minimum absolute atomic E-state index is 0.317. The van der Waals surface area contributed by atoms with Crippen LogP contribution in [-0.4, -0.2) is 38.2 Å². The van der Waals surface area contributed by atoms with Crippen LogP contribution in [0.15, 0.2) is 64.9 Å². The van der Waals surface area contributed by atoms with Crippen LogP contribution in [-0.2, 0) is 19.4 Å². The number of benzene rings is 1. The minimum atomic E-state index is -3.52. The van der Waals surface area contributed by atoms with E-state index >= 15 is 0 Å². The molecule has 6 nitrogen and oxygen atoms in total. The monoisotopic (exact) mass is 357 g/mol. The summed E-state index contributed by atoms with van der Waals surface area (Å²) in [6, 6.07) is 12.3. The van der Waals surface area contributed by atoms with Gasteiger partial charge in [0.2, 0.25) is 0 Å². The summed E-state index contributed by atoms with van der Waals surface area (Å²) in [7, 11) is -3.52. The summed E-state index contributed by atoms with van der Waals surface area (Å²) in [5.41, 5.74) is 1.17. The van der Waals surface area contributed by atoms with Gasteiger partial charge in [-0.15, -0.1) is 4.31 Å². The van der Waals surface area contributed by atoms with Gasteiger partial charge < -0.3 is 9.39 Å². The normalized spacial score (nSPS) is 26.0. The zero-order valence-electron chi connectivity index (χ0n) is 13.7. The molecule has 1 spiro atoms. The number of nitrogens with zero attached hydrogens (tertiary/aromatic N) is 3. The van der Waals surface area contributed by atoms with E-state index < -0.39 is 16.0 Å². The van der Waals surface area contributed by atoms with Crippen molar-refractivity contribution in [1.82, 2.24) is 9.29 Å². The van der Waals surface area contributed by atoms with Crippen LogP contribution in [0, 0.1) is 0 Å². The summed E-state index contributed by atoms with van der Waals surface area (Å²) < 4.78 is 27.3. The van der Waals surface area contributed by atoms with Gasteiger partial charge in [-0.25, -0.2) is 0 Å². The fraction of sp³-hybridized carbons (Fsp3) is 0.333. The van der Waals surface area contributed by atoms with Gasteiger partial charge in [-0.3, -0.25) is 4.98 Å². The van der Waals surface area contributed by atoms with Crippen LogP contribution in [0.3, 0.4) is 0 Å². The third-order valence-electron chi connectivity index (χ3n) is 4.72. The largest absolute Gasteiger partial charge is 0.593 e. The Hall–Kier alpha value is -2.09. The molecule has 25 heavy (non-hydrogen) atoms. The number of pyridine rings is 1. The average Bonchev–Trinajstić information content (AvgIpc) is 3.06. The Bertz CT molecular complexity index is 828. The van der Waals surface area contributed by atoms with Crippen LogP contribution >= 0.6 is 0 Å². The first-order valence-corrected chi connectivity index (χ1v) is 9.74. The average molecular weight is 357 g/mol. The number of sulfonamides is 1. The molecule has 7 heteroatoms. The van der Waals surface area contributed by atoms with Crippen molar-refractivity contribution in [2.24, 2.45) is 5.16 Å². The Labute approximate surface area is 147 Å². The summed E-state index contributed by atoms with van der Waals surface area (Å²) >= 11 is 0. The maximum atomic E-state index is 12.9. The van der Waals surface area contributed by atoms with Crippen LogP contribution < -0.4 is 0 Å². The van der Waals surface area contributed by atoms with E-state index in [1.165, 1.54) is 4.31 Å². The standard InChI is InChI=1S/C18H19N3O3S/c22-25(23,16-7-2-1-3-8-16)21-11-5-9-18(14-21)12-17(20-24-18)15-6-4-10-19-13-15/h1-4,6-8,10,13H,5,9,11-12,14H2. The van der Waals surface area contributed by atoms with Crippen molar-refractivity contribution in [3.05, 3.63) is 60.4 Å². The lowest BCUT2D eigenvalue weighted by atomic mass is 9.88. The first-order chi connectivity index (χ1) is 12.1. The van der Waals surface area contributed by atoms with Gasteiger partial charge in [0, 0.05) is 30.9 Å². The van der Waals surface area contributed by atoms with Gasteiger partial charge in [0.1, 0.15) is 0 Å². The molecule has 2 aliphatic rings. The van der Waals surface area contributed by atoms with E-state index in [9.17, 15) is 8.76 Å². The molecule has 1 aromatic heterocycles. The van der Waals surface area contributed by atoms with Gasteiger partial charge in [-0.1, -0.05) is 27.6 Å². The zero-order valence-corrected chi connectivity index (χ0v) is 14.5. The number of piperidine rings is 1. The fourth-order valence-corrected chi connectivity index (χ4v) is 5.01. The molecule has 2 aliphatic heterocycles. The topological polar surface area (TPSA) is 77.9 Å². The third-order valence-corrected chi connectivity index (χ3v) is 6.58. The first kappa shape index (κ1) is 16.4. The van der Waals surface area contributed by atoms with Crippen molar-refractivity contribution in [2.45, 2.75) is 29.8 Å². The van der Waals surface area contributed by atoms with Crippen LogP contribution in [0.25, 0.3) is 0 Å². The highest BCUT2D eigenvalue weighted by atomic mass is 32.3. The number of hydrogen-bond acceptors (Lipinski definition) is 5. The van der Waals surface area contributed by atoms with Gasteiger partial charge >= 0.3 is 0 Å². The number of aromatic nitrogens is 1. The van der Waals surface area contributed by atoms with E-state index in [1.54, 1.807) is 36.7 Å². The fourth-order valence-electron chi connectivity index (χ4n) is 3.43. The van der Waals surface area contributed by atoms with Crippen molar-refractivity contribution in [1.29, 1.82) is 0 Å². The zero-order chi connectivity index (χ0) is 17.3. The minimum Gasteiger partial charge on any atom is -0.593 e. The Morgan fingerprint density at radius 1 is 1.20 bits per heavy atom. The Morgan fingerprint density at radius 2 is 2.04 bits per heavy atom. The summed E-state index contributed by atoms with van der Waals surface area (Å²) in [5, 5.41) is 4.23. The van der Waals surface area contributed by atoms with Gasteiger partial charge in [0.15, 0.2) is 20.9 Å².